The summed E-state index contributed by atoms with van der Waals surface area (Å²) in [4.78, 5) is 23.9. The summed E-state index contributed by atoms with van der Waals surface area (Å²) in [6.45, 7) is 10.4. The minimum absolute atomic E-state index is 0.116. The smallest absolute Gasteiger partial charge is 0.337 e. The first-order valence-electron chi connectivity index (χ1n) is 7.05. The van der Waals surface area contributed by atoms with Crippen LogP contribution in [0.1, 0.15) is 61.8 Å². The Morgan fingerprint density at radius 3 is 2.19 bits per heavy atom. The second-order valence-corrected chi connectivity index (χ2v) is 7.15. The largest absolute Gasteiger partial charge is 0.465 e. The Morgan fingerprint density at radius 1 is 1.10 bits per heavy atom. The lowest BCUT2D eigenvalue weighted by atomic mass is 9.81. The van der Waals surface area contributed by atoms with Crippen molar-refractivity contribution in [3.63, 3.8) is 0 Å². The molecule has 0 aromatic heterocycles. The highest BCUT2D eigenvalue weighted by Crippen LogP contribution is 2.27. The SMILES string of the molecule is COC(=O)c1cccc(C(=O)NC(C)(C)CC(C)(C)C)c1. The van der Waals surface area contributed by atoms with Crippen molar-refractivity contribution < 1.29 is 14.3 Å². The number of benzene rings is 1. The van der Waals surface area contributed by atoms with Crippen LogP contribution in [0.5, 0.6) is 0 Å². The molecular formula is C17H25NO3. The van der Waals surface area contributed by atoms with Gasteiger partial charge in [0.2, 0.25) is 0 Å². The fourth-order valence-electron chi connectivity index (χ4n) is 2.65. The van der Waals surface area contributed by atoms with Crippen molar-refractivity contribution in [2.24, 2.45) is 5.41 Å². The number of nitrogens with one attached hydrogen (secondary N) is 1. The van der Waals surface area contributed by atoms with Crippen LogP contribution in [0.3, 0.4) is 0 Å². The molecule has 116 valence electrons. The molecule has 0 spiro atoms. The summed E-state index contributed by atoms with van der Waals surface area (Å²) < 4.78 is 4.67. The van der Waals surface area contributed by atoms with Gasteiger partial charge in [-0.05, 0) is 43.9 Å². The molecular weight excluding hydrogens is 266 g/mol. The molecule has 0 aliphatic rings. The standard InChI is InChI=1S/C17H25NO3/c1-16(2,3)11-17(4,5)18-14(19)12-8-7-9-13(10-12)15(20)21-6/h7-10H,11H2,1-6H3,(H,18,19). The van der Waals surface area contributed by atoms with Crippen molar-refractivity contribution >= 4 is 11.9 Å². The minimum atomic E-state index is -0.446. The number of amides is 1. The van der Waals surface area contributed by atoms with E-state index in [4.69, 9.17) is 0 Å². The van der Waals surface area contributed by atoms with Gasteiger partial charge in [-0.1, -0.05) is 26.8 Å². The second kappa shape index (κ2) is 6.29. The molecule has 0 fully saturated rings. The Hall–Kier alpha value is -1.84. The predicted molar refractivity (Wildman–Crippen MR) is 83.4 cm³/mol. The van der Waals surface area contributed by atoms with Crippen LogP contribution in [-0.2, 0) is 4.74 Å². The van der Waals surface area contributed by atoms with Crippen LogP contribution in [0, 0.1) is 5.41 Å². The summed E-state index contributed by atoms with van der Waals surface area (Å²) in [6.07, 6.45) is 0.850. The van der Waals surface area contributed by atoms with Gasteiger partial charge < -0.3 is 10.1 Å². The number of hydrogen-bond donors (Lipinski definition) is 1. The molecule has 0 bridgehead atoms. The van der Waals surface area contributed by atoms with E-state index < -0.39 is 5.97 Å². The van der Waals surface area contributed by atoms with E-state index in [1.807, 2.05) is 13.8 Å². The van der Waals surface area contributed by atoms with Crippen molar-refractivity contribution in [1.29, 1.82) is 0 Å². The van der Waals surface area contributed by atoms with Gasteiger partial charge in [-0.2, -0.15) is 0 Å². The van der Waals surface area contributed by atoms with Gasteiger partial charge in [0.05, 0.1) is 12.7 Å². The number of carbonyl (C=O) groups excluding carboxylic acids is 2. The molecule has 4 nitrogen and oxygen atoms in total. The zero-order valence-electron chi connectivity index (χ0n) is 13.7. The molecule has 1 aromatic rings. The molecule has 1 rings (SSSR count). The lowest BCUT2D eigenvalue weighted by Gasteiger charge is -2.33. The fourth-order valence-corrected chi connectivity index (χ4v) is 2.65. The van der Waals surface area contributed by atoms with Crippen LogP contribution >= 0.6 is 0 Å². The highest BCUT2D eigenvalue weighted by Gasteiger charge is 2.27. The first kappa shape index (κ1) is 17.2. The monoisotopic (exact) mass is 291 g/mol. The highest BCUT2D eigenvalue weighted by molar-refractivity contribution is 5.98. The van der Waals surface area contributed by atoms with Gasteiger partial charge in [0.15, 0.2) is 0 Å². The van der Waals surface area contributed by atoms with Crippen molar-refractivity contribution in [2.75, 3.05) is 7.11 Å². The van der Waals surface area contributed by atoms with Crippen LogP contribution < -0.4 is 5.32 Å². The zero-order chi connectivity index (χ0) is 16.3. The number of methoxy groups -OCH3 is 1. The second-order valence-electron chi connectivity index (χ2n) is 7.15. The van der Waals surface area contributed by atoms with E-state index >= 15 is 0 Å². The summed E-state index contributed by atoms with van der Waals surface area (Å²) in [5.74, 6) is -0.631. The Bertz CT molecular complexity index is 527. The molecule has 0 saturated carbocycles. The van der Waals surface area contributed by atoms with Crippen molar-refractivity contribution in [3.8, 4) is 0 Å². The summed E-state index contributed by atoms with van der Waals surface area (Å²) in [6, 6.07) is 6.55. The van der Waals surface area contributed by atoms with Crippen LogP contribution in [0.25, 0.3) is 0 Å². The molecule has 0 aliphatic carbocycles. The molecule has 0 heterocycles. The summed E-state index contributed by atoms with van der Waals surface area (Å²) in [5.41, 5.74) is 0.625. The maximum absolute atomic E-state index is 12.3. The van der Waals surface area contributed by atoms with Crippen LogP contribution in [0.15, 0.2) is 24.3 Å². The molecule has 0 atom stereocenters. The molecule has 1 aromatic carbocycles. The van der Waals surface area contributed by atoms with Gasteiger partial charge in [0.25, 0.3) is 5.91 Å². The normalized spacial score (nSPS) is 11.9. The highest BCUT2D eigenvalue weighted by atomic mass is 16.5. The quantitative estimate of drug-likeness (QED) is 0.865. The third kappa shape index (κ3) is 5.58. The molecule has 0 radical (unpaired) electrons. The Kier molecular flexibility index (Phi) is 5.15. The van der Waals surface area contributed by atoms with E-state index in [1.165, 1.54) is 7.11 Å². The van der Waals surface area contributed by atoms with Gasteiger partial charge in [-0.25, -0.2) is 4.79 Å². The van der Waals surface area contributed by atoms with Crippen LogP contribution in [0.4, 0.5) is 0 Å². The molecule has 0 saturated heterocycles. The third-order valence-electron chi connectivity index (χ3n) is 2.97. The first-order valence-corrected chi connectivity index (χ1v) is 7.05. The van der Waals surface area contributed by atoms with Crippen molar-refractivity contribution in [1.82, 2.24) is 5.32 Å². The van der Waals surface area contributed by atoms with Gasteiger partial charge in [-0.15, -0.1) is 0 Å². The van der Waals surface area contributed by atoms with E-state index in [0.717, 1.165) is 6.42 Å². The number of hydrogen-bond acceptors (Lipinski definition) is 3. The van der Waals surface area contributed by atoms with E-state index in [-0.39, 0.29) is 16.9 Å². The average molecular weight is 291 g/mol. The average Bonchev–Trinajstić information content (AvgIpc) is 2.34. The molecule has 0 unspecified atom stereocenters. The lowest BCUT2D eigenvalue weighted by Crippen LogP contribution is -2.45. The minimum Gasteiger partial charge on any atom is -0.465 e. The Morgan fingerprint density at radius 2 is 1.67 bits per heavy atom. The summed E-state index contributed by atoms with van der Waals surface area (Å²) >= 11 is 0. The maximum atomic E-state index is 12.3. The van der Waals surface area contributed by atoms with E-state index in [0.29, 0.717) is 11.1 Å². The van der Waals surface area contributed by atoms with Gasteiger partial charge in [-0.3, -0.25) is 4.79 Å². The topological polar surface area (TPSA) is 55.4 Å². The van der Waals surface area contributed by atoms with Crippen molar-refractivity contribution in [2.45, 2.75) is 46.6 Å². The zero-order valence-corrected chi connectivity index (χ0v) is 13.7. The Balaban J connectivity index is 2.87. The number of esters is 1. The molecule has 1 N–H and O–H groups in total. The van der Waals surface area contributed by atoms with Crippen LogP contribution in [-0.4, -0.2) is 24.5 Å². The Labute approximate surface area is 126 Å². The number of rotatable bonds is 4. The molecule has 0 aliphatic heterocycles. The van der Waals surface area contributed by atoms with Gasteiger partial charge in [0.1, 0.15) is 0 Å². The number of carbonyl (C=O) groups is 2. The predicted octanol–water partition coefficient (Wildman–Crippen LogP) is 3.42. The summed E-state index contributed by atoms with van der Waals surface area (Å²) in [5, 5.41) is 3.02. The molecule has 1 amide bonds. The third-order valence-corrected chi connectivity index (χ3v) is 2.97. The van der Waals surface area contributed by atoms with Gasteiger partial charge in [0, 0.05) is 11.1 Å². The molecule has 21 heavy (non-hydrogen) atoms. The first-order chi connectivity index (χ1) is 9.54. The summed E-state index contributed by atoms with van der Waals surface area (Å²) in [7, 11) is 1.32. The van der Waals surface area contributed by atoms with Crippen LogP contribution in [0.2, 0.25) is 0 Å². The fraction of sp³-hybridized carbons (Fsp3) is 0.529. The van der Waals surface area contributed by atoms with E-state index in [9.17, 15) is 9.59 Å². The lowest BCUT2D eigenvalue weighted by molar-refractivity contribution is 0.0600. The molecule has 4 heteroatoms. The van der Waals surface area contributed by atoms with Gasteiger partial charge >= 0.3 is 5.97 Å². The van der Waals surface area contributed by atoms with E-state index in [1.54, 1.807) is 24.3 Å². The maximum Gasteiger partial charge on any atom is 0.337 e. The van der Waals surface area contributed by atoms with E-state index in [2.05, 4.69) is 30.8 Å². The number of ether oxygens (including phenoxy) is 1. The van der Waals surface area contributed by atoms with Crippen molar-refractivity contribution in [3.05, 3.63) is 35.4 Å².